The van der Waals surface area contributed by atoms with Gasteiger partial charge in [0.25, 0.3) is 0 Å². The quantitative estimate of drug-likeness (QED) is 0.864. The molecule has 3 nitrogen and oxygen atoms in total. The van der Waals surface area contributed by atoms with E-state index in [1.165, 1.54) is 0 Å². The summed E-state index contributed by atoms with van der Waals surface area (Å²) in [6.45, 7) is 1.96. The SMILES string of the molecule is Cc1cc(Cl)ccc1Nc1ncc(N)cc1Cl. The monoisotopic (exact) mass is 267 g/mol. The second-order valence-electron chi connectivity index (χ2n) is 3.68. The first-order chi connectivity index (χ1) is 8.06. The molecule has 0 aliphatic rings. The number of aryl methyl sites for hydroxylation is 1. The Morgan fingerprint density at radius 2 is 2.00 bits per heavy atom. The van der Waals surface area contributed by atoms with E-state index < -0.39 is 0 Å². The number of hydrogen-bond acceptors (Lipinski definition) is 3. The highest BCUT2D eigenvalue weighted by Crippen LogP contribution is 2.27. The molecule has 1 aromatic carbocycles. The van der Waals surface area contributed by atoms with E-state index in [9.17, 15) is 0 Å². The average Bonchev–Trinajstić information content (AvgIpc) is 2.25. The zero-order valence-electron chi connectivity index (χ0n) is 9.17. The molecule has 5 heteroatoms. The number of nitrogens with two attached hydrogens (primary N) is 1. The standard InChI is InChI=1S/C12H11Cl2N3/c1-7-4-8(13)2-3-11(7)17-12-10(14)5-9(15)6-16-12/h2-6H,15H2,1H3,(H,16,17). The Hall–Kier alpha value is -1.45. The molecule has 0 unspecified atom stereocenters. The third-order valence-electron chi connectivity index (χ3n) is 2.30. The lowest BCUT2D eigenvalue weighted by Gasteiger charge is -2.10. The molecule has 88 valence electrons. The molecule has 0 aliphatic heterocycles. The number of pyridine rings is 1. The number of nitrogen functional groups attached to an aromatic ring is 1. The maximum absolute atomic E-state index is 6.03. The van der Waals surface area contributed by atoms with Crippen LogP contribution in [0.2, 0.25) is 10.0 Å². The summed E-state index contributed by atoms with van der Waals surface area (Å²) in [5, 5.41) is 4.32. The van der Waals surface area contributed by atoms with Crippen LogP contribution in [-0.4, -0.2) is 4.98 Å². The Morgan fingerprint density at radius 1 is 1.24 bits per heavy atom. The van der Waals surface area contributed by atoms with Crippen LogP contribution >= 0.6 is 23.2 Å². The lowest BCUT2D eigenvalue weighted by Crippen LogP contribution is -1.97. The summed E-state index contributed by atoms with van der Waals surface area (Å²) in [5.41, 5.74) is 8.05. The van der Waals surface area contributed by atoms with Crippen molar-refractivity contribution in [3.63, 3.8) is 0 Å². The highest BCUT2D eigenvalue weighted by atomic mass is 35.5. The number of nitrogens with zero attached hydrogens (tertiary/aromatic N) is 1. The van der Waals surface area contributed by atoms with E-state index in [2.05, 4.69) is 10.3 Å². The fourth-order valence-corrected chi connectivity index (χ4v) is 1.89. The topological polar surface area (TPSA) is 50.9 Å². The lowest BCUT2D eigenvalue weighted by atomic mass is 10.2. The predicted octanol–water partition coefficient (Wildman–Crippen LogP) is 4.02. The summed E-state index contributed by atoms with van der Waals surface area (Å²) in [7, 11) is 0. The largest absolute Gasteiger partial charge is 0.397 e. The van der Waals surface area contributed by atoms with Gasteiger partial charge < -0.3 is 11.1 Å². The zero-order chi connectivity index (χ0) is 12.4. The molecule has 2 rings (SSSR count). The number of halogens is 2. The molecule has 0 bridgehead atoms. The van der Waals surface area contributed by atoms with Crippen LogP contribution in [0.5, 0.6) is 0 Å². The van der Waals surface area contributed by atoms with Crippen molar-refractivity contribution in [2.24, 2.45) is 0 Å². The summed E-state index contributed by atoms with van der Waals surface area (Å²) >= 11 is 11.9. The van der Waals surface area contributed by atoms with Crippen LogP contribution in [0, 0.1) is 6.92 Å². The molecular formula is C12H11Cl2N3. The van der Waals surface area contributed by atoms with Gasteiger partial charge in [-0.15, -0.1) is 0 Å². The van der Waals surface area contributed by atoms with Gasteiger partial charge in [0.1, 0.15) is 5.82 Å². The Bertz CT molecular complexity index is 506. The van der Waals surface area contributed by atoms with Gasteiger partial charge in [0.2, 0.25) is 0 Å². The van der Waals surface area contributed by atoms with E-state index in [0.717, 1.165) is 11.3 Å². The van der Waals surface area contributed by atoms with Crippen LogP contribution in [0.3, 0.4) is 0 Å². The first-order valence-electron chi connectivity index (χ1n) is 5.00. The average molecular weight is 268 g/mol. The summed E-state index contributed by atoms with van der Waals surface area (Å²) in [6.07, 6.45) is 1.56. The molecular weight excluding hydrogens is 257 g/mol. The van der Waals surface area contributed by atoms with Gasteiger partial charge in [0.15, 0.2) is 0 Å². The normalized spacial score (nSPS) is 10.3. The van der Waals surface area contributed by atoms with Gasteiger partial charge in [-0.1, -0.05) is 23.2 Å². The fraction of sp³-hybridized carbons (Fsp3) is 0.0833. The smallest absolute Gasteiger partial charge is 0.149 e. The Kier molecular flexibility index (Phi) is 3.41. The van der Waals surface area contributed by atoms with E-state index in [1.807, 2.05) is 25.1 Å². The van der Waals surface area contributed by atoms with Crippen molar-refractivity contribution in [3.8, 4) is 0 Å². The summed E-state index contributed by atoms with van der Waals surface area (Å²) in [4.78, 5) is 4.14. The first kappa shape index (κ1) is 12.0. The molecule has 3 N–H and O–H groups in total. The molecule has 0 amide bonds. The maximum Gasteiger partial charge on any atom is 0.149 e. The van der Waals surface area contributed by atoms with E-state index in [1.54, 1.807) is 12.3 Å². The molecule has 0 radical (unpaired) electrons. The summed E-state index contributed by atoms with van der Waals surface area (Å²) in [5.74, 6) is 0.575. The summed E-state index contributed by atoms with van der Waals surface area (Å²) < 4.78 is 0. The minimum atomic E-state index is 0.486. The minimum absolute atomic E-state index is 0.486. The van der Waals surface area contributed by atoms with Gasteiger partial charge in [0, 0.05) is 10.7 Å². The van der Waals surface area contributed by atoms with Crippen LogP contribution in [-0.2, 0) is 0 Å². The number of nitrogens with one attached hydrogen (secondary N) is 1. The third-order valence-corrected chi connectivity index (χ3v) is 2.83. The zero-order valence-corrected chi connectivity index (χ0v) is 10.7. The van der Waals surface area contributed by atoms with E-state index in [-0.39, 0.29) is 0 Å². The second kappa shape index (κ2) is 4.82. The van der Waals surface area contributed by atoms with Crippen molar-refractivity contribution in [1.29, 1.82) is 0 Å². The van der Waals surface area contributed by atoms with Crippen molar-refractivity contribution < 1.29 is 0 Å². The van der Waals surface area contributed by atoms with Gasteiger partial charge in [-0.2, -0.15) is 0 Å². The van der Waals surface area contributed by atoms with Crippen LogP contribution in [0.25, 0.3) is 0 Å². The molecule has 0 saturated carbocycles. The van der Waals surface area contributed by atoms with Crippen LogP contribution in [0.1, 0.15) is 5.56 Å². The molecule has 0 saturated heterocycles. The number of anilines is 3. The molecule has 0 fully saturated rings. The van der Waals surface area contributed by atoms with Crippen molar-refractivity contribution in [2.45, 2.75) is 6.92 Å². The first-order valence-corrected chi connectivity index (χ1v) is 5.76. The van der Waals surface area contributed by atoms with Crippen molar-refractivity contribution in [2.75, 3.05) is 11.1 Å². The molecule has 17 heavy (non-hydrogen) atoms. The molecule has 1 heterocycles. The molecule has 2 aromatic rings. The van der Waals surface area contributed by atoms with Crippen molar-refractivity contribution in [3.05, 3.63) is 46.1 Å². The van der Waals surface area contributed by atoms with Gasteiger partial charge in [-0.3, -0.25) is 0 Å². The van der Waals surface area contributed by atoms with Crippen LogP contribution < -0.4 is 11.1 Å². The Balaban J connectivity index is 2.31. The number of rotatable bonds is 2. The highest BCUT2D eigenvalue weighted by Gasteiger charge is 2.05. The molecule has 0 spiro atoms. The van der Waals surface area contributed by atoms with Gasteiger partial charge in [-0.05, 0) is 36.8 Å². The predicted molar refractivity (Wildman–Crippen MR) is 73.1 cm³/mol. The van der Waals surface area contributed by atoms with Crippen molar-refractivity contribution in [1.82, 2.24) is 4.98 Å². The van der Waals surface area contributed by atoms with Crippen LogP contribution in [0.15, 0.2) is 30.5 Å². The summed E-state index contributed by atoms with van der Waals surface area (Å²) in [6, 6.07) is 7.21. The lowest BCUT2D eigenvalue weighted by molar-refractivity contribution is 1.30. The van der Waals surface area contributed by atoms with Gasteiger partial charge >= 0.3 is 0 Å². The highest BCUT2D eigenvalue weighted by molar-refractivity contribution is 6.33. The van der Waals surface area contributed by atoms with E-state index in [4.69, 9.17) is 28.9 Å². The van der Waals surface area contributed by atoms with Crippen LogP contribution in [0.4, 0.5) is 17.2 Å². The third kappa shape index (κ3) is 2.81. The molecule has 0 aliphatic carbocycles. The number of aromatic nitrogens is 1. The second-order valence-corrected chi connectivity index (χ2v) is 4.53. The maximum atomic E-state index is 6.03. The number of benzene rings is 1. The van der Waals surface area contributed by atoms with E-state index >= 15 is 0 Å². The molecule has 1 aromatic heterocycles. The fourth-order valence-electron chi connectivity index (χ4n) is 1.44. The number of hydrogen-bond donors (Lipinski definition) is 2. The minimum Gasteiger partial charge on any atom is -0.397 e. The van der Waals surface area contributed by atoms with Gasteiger partial charge in [-0.25, -0.2) is 4.98 Å². The Labute approximate surface area is 110 Å². The van der Waals surface area contributed by atoms with Crippen molar-refractivity contribution >= 4 is 40.4 Å². The molecule has 0 atom stereocenters. The van der Waals surface area contributed by atoms with E-state index in [0.29, 0.717) is 21.6 Å². The van der Waals surface area contributed by atoms with Gasteiger partial charge in [0.05, 0.1) is 16.9 Å². The Morgan fingerprint density at radius 3 is 2.65 bits per heavy atom.